The van der Waals surface area contributed by atoms with Crippen LogP contribution in [0.3, 0.4) is 0 Å². The summed E-state index contributed by atoms with van der Waals surface area (Å²) in [4.78, 5) is 36.0. The van der Waals surface area contributed by atoms with Crippen LogP contribution in [0.25, 0.3) is 0 Å². The van der Waals surface area contributed by atoms with E-state index in [0.717, 1.165) is 6.07 Å². The van der Waals surface area contributed by atoms with Gasteiger partial charge in [0.15, 0.2) is 5.78 Å². The van der Waals surface area contributed by atoms with Gasteiger partial charge in [0.2, 0.25) is 11.8 Å². The largest absolute Gasteiger partial charge is 0.418 e. The first kappa shape index (κ1) is 19.6. The Morgan fingerprint density at radius 3 is 2.21 bits per heavy atom. The van der Waals surface area contributed by atoms with Crippen molar-refractivity contribution >= 4 is 29.0 Å². The molecule has 2 amide bonds. The molecule has 0 bridgehead atoms. The number of carbonyl (C=O) groups is 3. The number of Topliss-reactive ketones (excluding diaryl/α,β-unsaturated/α-hetero) is 1. The highest BCUT2D eigenvalue weighted by Gasteiger charge is 2.48. The second-order valence-electron chi connectivity index (χ2n) is 6.61. The molecule has 1 fully saturated rings. The summed E-state index contributed by atoms with van der Waals surface area (Å²) in [6.07, 6.45) is -4.34. The lowest BCUT2D eigenvalue weighted by molar-refractivity contribution is -0.137. The van der Waals surface area contributed by atoms with Crippen molar-refractivity contribution in [1.82, 2.24) is 0 Å². The van der Waals surface area contributed by atoms with Crippen molar-refractivity contribution in [2.24, 2.45) is 11.8 Å². The Labute approximate surface area is 158 Å². The molecule has 0 heterocycles. The summed E-state index contributed by atoms with van der Waals surface area (Å²) in [5.41, 5.74) is -0.413. The Hall–Kier alpha value is -3.16. The molecule has 8 heteroatoms. The first-order valence-corrected chi connectivity index (χ1v) is 8.56. The van der Waals surface area contributed by atoms with Crippen LogP contribution in [0.1, 0.15) is 29.3 Å². The third-order valence-electron chi connectivity index (χ3n) is 4.49. The summed E-state index contributed by atoms with van der Waals surface area (Å²) < 4.78 is 39.0. The number of benzene rings is 2. The van der Waals surface area contributed by atoms with E-state index in [9.17, 15) is 27.6 Å². The number of hydrogen-bond donors (Lipinski definition) is 2. The van der Waals surface area contributed by atoms with Crippen molar-refractivity contribution in [1.29, 1.82) is 0 Å². The number of nitrogens with one attached hydrogen (secondary N) is 2. The third kappa shape index (κ3) is 4.39. The summed E-state index contributed by atoms with van der Waals surface area (Å²) in [5, 5.41) is 4.90. The van der Waals surface area contributed by atoms with Gasteiger partial charge in [0.1, 0.15) is 0 Å². The number of alkyl halides is 3. The molecule has 3 rings (SSSR count). The van der Waals surface area contributed by atoms with Gasteiger partial charge in [-0.25, -0.2) is 0 Å². The summed E-state index contributed by atoms with van der Waals surface area (Å²) in [5.74, 6) is -2.52. The molecule has 0 saturated heterocycles. The zero-order chi connectivity index (χ0) is 20.5. The predicted molar refractivity (Wildman–Crippen MR) is 96.7 cm³/mol. The summed E-state index contributed by atoms with van der Waals surface area (Å²) in [7, 11) is 0. The Morgan fingerprint density at radius 1 is 0.929 bits per heavy atom. The molecule has 0 aliphatic heterocycles. The van der Waals surface area contributed by atoms with Crippen LogP contribution in [0.2, 0.25) is 0 Å². The van der Waals surface area contributed by atoms with Crippen LogP contribution in [-0.2, 0) is 15.8 Å². The summed E-state index contributed by atoms with van der Waals surface area (Å²) in [6.45, 7) is 1.40. The standard InChI is InChI=1S/C20H17F3N2O3/c1-11(26)12-5-4-6-13(9-12)24-18(27)14-10-15(14)19(28)25-17-8-3-2-7-16(17)20(21,22)23/h2-9,14-15H,10H2,1H3,(H,24,27)(H,25,28). The Kier molecular flexibility index (Phi) is 5.22. The number of para-hydroxylation sites is 1. The smallest absolute Gasteiger partial charge is 0.326 e. The van der Waals surface area contributed by atoms with Crippen LogP contribution < -0.4 is 10.6 Å². The number of anilines is 2. The maximum absolute atomic E-state index is 13.0. The average molecular weight is 390 g/mol. The van der Waals surface area contributed by atoms with Crippen molar-refractivity contribution in [3.05, 3.63) is 59.7 Å². The number of ketones is 1. The first-order chi connectivity index (χ1) is 13.2. The first-order valence-electron chi connectivity index (χ1n) is 8.56. The minimum Gasteiger partial charge on any atom is -0.326 e. The molecule has 2 N–H and O–H groups in total. The van der Waals surface area contributed by atoms with E-state index in [1.54, 1.807) is 18.2 Å². The van der Waals surface area contributed by atoms with Crippen LogP contribution >= 0.6 is 0 Å². The zero-order valence-electron chi connectivity index (χ0n) is 14.8. The Bertz CT molecular complexity index is 940. The van der Waals surface area contributed by atoms with E-state index in [-0.39, 0.29) is 17.9 Å². The second kappa shape index (κ2) is 7.46. The number of carbonyl (C=O) groups excluding carboxylic acids is 3. The van der Waals surface area contributed by atoms with E-state index in [0.29, 0.717) is 11.3 Å². The number of amides is 2. The number of halogens is 3. The summed E-state index contributed by atoms with van der Waals surface area (Å²) >= 11 is 0. The molecule has 2 unspecified atom stereocenters. The van der Waals surface area contributed by atoms with Gasteiger partial charge in [-0.2, -0.15) is 13.2 Å². The predicted octanol–water partition coefficient (Wildman–Crippen LogP) is 4.12. The summed E-state index contributed by atoms with van der Waals surface area (Å²) in [6, 6.07) is 11.1. The molecule has 0 radical (unpaired) electrons. The molecule has 5 nitrogen and oxygen atoms in total. The van der Waals surface area contributed by atoms with E-state index in [2.05, 4.69) is 10.6 Å². The van der Waals surface area contributed by atoms with E-state index < -0.39 is 35.4 Å². The fourth-order valence-electron chi connectivity index (χ4n) is 2.89. The molecule has 1 aliphatic rings. The van der Waals surface area contributed by atoms with Gasteiger partial charge in [-0.3, -0.25) is 14.4 Å². The van der Waals surface area contributed by atoms with E-state index >= 15 is 0 Å². The molecule has 2 aromatic carbocycles. The fraction of sp³-hybridized carbons (Fsp3) is 0.250. The average Bonchev–Trinajstić information content (AvgIpc) is 3.42. The van der Waals surface area contributed by atoms with Crippen LogP contribution in [0.5, 0.6) is 0 Å². The quantitative estimate of drug-likeness (QED) is 0.754. The molecular weight excluding hydrogens is 373 g/mol. The van der Waals surface area contributed by atoms with Crippen molar-refractivity contribution in [2.45, 2.75) is 19.5 Å². The van der Waals surface area contributed by atoms with E-state index in [4.69, 9.17) is 0 Å². The topological polar surface area (TPSA) is 75.3 Å². The maximum Gasteiger partial charge on any atom is 0.418 e. The van der Waals surface area contributed by atoms with Gasteiger partial charge < -0.3 is 10.6 Å². The monoisotopic (exact) mass is 390 g/mol. The van der Waals surface area contributed by atoms with Gasteiger partial charge in [0.05, 0.1) is 23.1 Å². The molecule has 1 aliphatic carbocycles. The van der Waals surface area contributed by atoms with Crippen molar-refractivity contribution < 1.29 is 27.6 Å². The van der Waals surface area contributed by atoms with Crippen LogP contribution in [0.4, 0.5) is 24.5 Å². The Balaban J connectivity index is 1.63. The highest BCUT2D eigenvalue weighted by Crippen LogP contribution is 2.41. The normalized spacial score (nSPS) is 18.3. The molecule has 0 spiro atoms. The number of rotatable bonds is 5. The third-order valence-corrected chi connectivity index (χ3v) is 4.49. The highest BCUT2D eigenvalue weighted by atomic mass is 19.4. The van der Waals surface area contributed by atoms with Gasteiger partial charge in [-0.15, -0.1) is 0 Å². The lowest BCUT2D eigenvalue weighted by atomic mass is 10.1. The minimum atomic E-state index is -4.59. The van der Waals surface area contributed by atoms with Gasteiger partial charge in [-0.05, 0) is 37.6 Å². The molecule has 1 saturated carbocycles. The Morgan fingerprint density at radius 2 is 1.57 bits per heavy atom. The molecular formula is C20H17F3N2O3. The van der Waals surface area contributed by atoms with Crippen molar-refractivity contribution in [3.8, 4) is 0 Å². The zero-order valence-corrected chi connectivity index (χ0v) is 14.8. The van der Waals surface area contributed by atoms with Crippen LogP contribution in [0, 0.1) is 11.8 Å². The minimum absolute atomic E-state index is 0.150. The fourth-order valence-corrected chi connectivity index (χ4v) is 2.89. The molecule has 0 aromatic heterocycles. The van der Waals surface area contributed by atoms with Crippen LogP contribution in [-0.4, -0.2) is 17.6 Å². The molecule has 146 valence electrons. The van der Waals surface area contributed by atoms with E-state index in [1.165, 1.54) is 31.2 Å². The lowest BCUT2D eigenvalue weighted by Crippen LogP contribution is -2.22. The molecule has 2 atom stereocenters. The SMILES string of the molecule is CC(=O)c1cccc(NC(=O)C2CC2C(=O)Nc2ccccc2C(F)(F)F)c1. The van der Waals surface area contributed by atoms with Crippen LogP contribution in [0.15, 0.2) is 48.5 Å². The van der Waals surface area contributed by atoms with Gasteiger partial charge >= 0.3 is 6.18 Å². The molecule has 28 heavy (non-hydrogen) atoms. The van der Waals surface area contributed by atoms with Gasteiger partial charge in [-0.1, -0.05) is 24.3 Å². The second-order valence-corrected chi connectivity index (χ2v) is 6.61. The van der Waals surface area contributed by atoms with Gasteiger partial charge in [0, 0.05) is 11.3 Å². The van der Waals surface area contributed by atoms with Gasteiger partial charge in [0.25, 0.3) is 0 Å². The van der Waals surface area contributed by atoms with E-state index in [1.807, 2.05) is 0 Å². The highest BCUT2D eigenvalue weighted by molar-refractivity contribution is 6.04. The maximum atomic E-state index is 13.0. The number of hydrogen-bond acceptors (Lipinski definition) is 3. The lowest BCUT2D eigenvalue weighted by Gasteiger charge is -2.13. The van der Waals surface area contributed by atoms with Crippen molar-refractivity contribution in [3.63, 3.8) is 0 Å². The van der Waals surface area contributed by atoms with Crippen molar-refractivity contribution in [2.75, 3.05) is 10.6 Å². The molecule has 2 aromatic rings.